The second-order valence-corrected chi connectivity index (χ2v) is 8.25. The Balaban J connectivity index is 2.89. The molecular weight excluding hydrogens is 270 g/mol. The second kappa shape index (κ2) is 5.11. The largest absolute Gasteiger partial charge is 0.481 e. The van der Waals surface area contributed by atoms with E-state index in [1.165, 1.54) is 18.7 Å². The summed E-state index contributed by atoms with van der Waals surface area (Å²) in [6.07, 6.45) is 1.77. The number of carboxylic acids is 1. The van der Waals surface area contributed by atoms with Crippen molar-refractivity contribution in [1.82, 2.24) is 4.90 Å². The third kappa shape index (κ3) is 3.08. The first-order chi connectivity index (χ1) is 8.48. The van der Waals surface area contributed by atoms with Crippen LogP contribution in [0.25, 0.3) is 0 Å². The van der Waals surface area contributed by atoms with Gasteiger partial charge in [-0.1, -0.05) is 0 Å². The van der Waals surface area contributed by atoms with Crippen LogP contribution in [0.1, 0.15) is 33.6 Å². The average Bonchev–Trinajstić information content (AvgIpc) is 2.26. The molecule has 7 heteroatoms. The molecule has 0 bridgehead atoms. The maximum atomic E-state index is 12.4. The van der Waals surface area contributed by atoms with Crippen molar-refractivity contribution < 1.29 is 23.1 Å². The van der Waals surface area contributed by atoms with Crippen LogP contribution in [-0.2, 0) is 19.4 Å². The van der Waals surface area contributed by atoms with Crippen molar-refractivity contribution in [3.63, 3.8) is 0 Å². The molecule has 2 unspecified atom stereocenters. The summed E-state index contributed by atoms with van der Waals surface area (Å²) in [7, 11) is -3.51. The second-order valence-electron chi connectivity index (χ2n) is 5.69. The Morgan fingerprint density at radius 3 is 2.21 bits per heavy atom. The summed E-state index contributed by atoms with van der Waals surface area (Å²) < 4.78 is 21.9. The van der Waals surface area contributed by atoms with Crippen molar-refractivity contribution in [2.45, 2.75) is 44.4 Å². The first kappa shape index (κ1) is 15.9. The molecule has 1 aliphatic heterocycles. The van der Waals surface area contributed by atoms with Gasteiger partial charge in [-0.05, 0) is 33.6 Å². The van der Waals surface area contributed by atoms with Gasteiger partial charge in [-0.15, -0.1) is 0 Å². The number of sulfone groups is 1. The quantitative estimate of drug-likeness (QED) is 0.818. The van der Waals surface area contributed by atoms with Gasteiger partial charge in [0.05, 0.1) is 5.92 Å². The lowest BCUT2D eigenvalue weighted by atomic mass is 9.91. The number of hydrogen-bond donors (Lipinski definition) is 1. The van der Waals surface area contributed by atoms with E-state index in [0.717, 1.165) is 6.26 Å². The number of likely N-dealkylation sites (tertiary alicyclic amines) is 1. The lowest BCUT2D eigenvalue weighted by molar-refractivity contribution is -0.148. The molecule has 1 saturated heterocycles. The van der Waals surface area contributed by atoms with E-state index in [1.54, 1.807) is 6.92 Å². The van der Waals surface area contributed by atoms with Crippen LogP contribution in [-0.4, -0.2) is 53.9 Å². The van der Waals surface area contributed by atoms with Crippen molar-refractivity contribution in [1.29, 1.82) is 0 Å². The summed E-state index contributed by atoms with van der Waals surface area (Å²) in [5, 5.41) is 8.97. The lowest BCUT2D eigenvalue weighted by Gasteiger charge is -2.39. The van der Waals surface area contributed by atoms with E-state index in [9.17, 15) is 18.0 Å². The molecule has 0 aromatic carbocycles. The minimum Gasteiger partial charge on any atom is -0.481 e. The van der Waals surface area contributed by atoms with Crippen molar-refractivity contribution in [3.8, 4) is 0 Å². The van der Waals surface area contributed by atoms with Gasteiger partial charge >= 0.3 is 5.97 Å². The zero-order valence-electron chi connectivity index (χ0n) is 11.7. The van der Waals surface area contributed by atoms with Gasteiger partial charge in [-0.3, -0.25) is 9.59 Å². The molecule has 0 saturated carbocycles. The van der Waals surface area contributed by atoms with Gasteiger partial charge in [0.1, 0.15) is 4.75 Å². The number of carbonyl (C=O) groups is 2. The molecule has 6 nitrogen and oxygen atoms in total. The summed E-state index contributed by atoms with van der Waals surface area (Å²) in [5.74, 6) is -1.77. The molecule has 110 valence electrons. The monoisotopic (exact) mass is 291 g/mol. The number of amides is 1. The van der Waals surface area contributed by atoms with Crippen LogP contribution in [0.15, 0.2) is 0 Å². The zero-order valence-corrected chi connectivity index (χ0v) is 12.5. The number of aliphatic carboxylic acids is 1. The van der Waals surface area contributed by atoms with E-state index in [-0.39, 0.29) is 12.6 Å². The number of piperidine rings is 1. The van der Waals surface area contributed by atoms with E-state index < -0.39 is 32.4 Å². The number of rotatable bonds is 3. The van der Waals surface area contributed by atoms with Crippen LogP contribution in [0, 0.1) is 5.92 Å². The Hall–Kier alpha value is -1.11. The molecule has 0 aromatic heterocycles. The SMILES string of the molecule is CC1CC(C(=O)O)CCN1C(=O)C(C)(C)S(C)(=O)=O. The van der Waals surface area contributed by atoms with Crippen molar-refractivity contribution in [3.05, 3.63) is 0 Å². The van der Waals surface area contributed by atoms with Crippen molar-refractivity contribution >= 4 is 21.7 Å². The van der Waals surface area contributed by atoms with E-state index in [0.29, 0.717) is 12.8 Å². The molecule has 2 atom stereocenters. The fourth-order valence-electron chi connectivity index (χ4n) is 2.20. The first-order valence-corrected chi connectivity index (χ1v) is 8.11. The third-order valence-electron chi connectivity index (χ3n) is 3.93. The summed E-state index contributed by atoms with van der Waals surface area (Å²) in [4.78, 5) is 24.8. The summed E-state index contributed by atoms with van der Waals surface area (Å²) >= 11 is 0. The molecule has 19 heavy (non-hydrogen) atoms. The zero-order chi connectivity index (χ0) is 15.0. The standard InChI is InChI=1S/C12H21NO5S/c1-8-7-9(10(14)15)5-6-13(8)11(16)12(2,3)19(4,17)18/h8-9H,5-7H2,1-4H3,(H,14,15). The number of carbonyl (C=O) groups excluding carboxylic acids is 1. The molecule has 0 radical (unpaired) electrons. The van der Waals surface area contributed by atoms with Gasteiger partial charge in [0.25, 0.3) is 0 Å². The van der Waals surface area contributed by atoms with E-state index >= 15 is 0 Å². The van der Waals surface area contributed by atoms with Crippen molar-refractivity contribution in [2.75, 3.05) is 12.8 Å². The Morgan fingerprint density at radius 1 is 1.32 bits per heavy atom. The topological polar surface area (TPSA) is 91.8 Å². The van der Waals surface area contributed by atoms with Crippen LogP contribution in [0.3, 0.4) is 0 Å². The Morgan fingerprint density at radius 2 is 1.84 bits per heavy atom. The minimum absolute atomic E-state index is 0.261. The average molecular weight is 291 g/mol. The molecule has 1 N–H and O–H groups in total. The molecule has 1 rings (SSSR count). The van der Waals surface area contributed by atoms with Gasteiger partial charge < -0.3 is 10.0 Å². The molecule has 0 aliphatic carbocycles. The molecule has 0 spiro atoms. The normalized spacial score (nSPS) is 25.2. The Labute approximate surface area is 113 Å². The van der Waals surface area contributed by atoms with Crippen LogP contribution in [0.4, 0.5) is 0 Å². The van der Waals surface area contributed by atoms with Gasteiger partial charge in [0.2, 0.25) is 5.91 Å². The number of nitrogens with zero attached hydrogens (tertiary/aromatic N) is 1. The van der Waals surface area contributed by atoms with Crippen LogP contribution in [0.5, 0.6) is 0 Å². The Bertz CT molecular complexity index is 482. The van der Waals surface area contributed by atoms with Crippen molar-refractivity contribution in [2.24, 2.45) is 5.92 Å². The summed E-state index contributed by atoms with van der Waals surface area (Å²) in [6.45, 7) is 4.82. The highest BCUT2D eigenvalue weighted by molar-refractivity contribution is 7.92. The molecule has 1 heterocycles. The van der Waals surface area contributed by atoms with Crippen LogP contribution >= 0.6 is 0 Å². The van der Waals surface area contributed by atoms with E-state index in [2.05, 4.69) is 0 Å². The van der Waals surface area contributed by atoms with Gasteiger partial charge in [0.15, 0.2) is 9.84 Å². The summed E-state index contributed by atoms with van der Waals surface area (Å²) in [6, 6.07) is -0.261. The highest BCUT2D eigenvalue weighted by Gasteiger charge is 2.44. The fourth-order valence-corrected chi connectivity index (χ4v) is 2.64. The maximum absolute atomic E-state index is 12.4. The van der Waals surface area contributed by atoms with Gasteiger partial charge in [0, 0.05) is 18.8 Å². The fraction of sp³-hybridized carbons (Fsp3) is 0.833. The van der Waals surface area contributed by atoms with Gasteiger partial charge in [-0.25, -0.2) is 8.42 Å². The van der Waals surface area contributed by atoms with Gasteiger partial charge in [-0.2, -0.15) is 0 Å². The molecule has 1 fully saturated rings. The molecule has 1 aliphatic rings. The first-order valence-electron chi connectivity index (χ1n) is 6.22. The molecule has 1 amide bonds. The molecular formula is C12H21NO5S. The number of carboxylic acid groups (broad SMARTS) is 1. The van der Waals surface area contributed by atoms with E-state index in [1.807, 2.05) is 0 Å². The highest BCUT2D eigenvalue weighted by Crippen LogP contribution is 2.27. The minimum atomic E-state index is -3.51. The highest BCUT2D eigenvalue weighted by atomic mass is 32.2. The predicted molar refractivity (Wildman–Crippen MR) is 70.5 cm³/mol. The van der Waals surface area contributed by atoms with Crippen LogP contribution in [0.2, 0.25) is 0 Å². The van der Waals surface area contributed by atoms with E-state index in [4.69, 9.17) is 5.11 Å². The molecule has 0 aromatic rings. The smallest absolute Gasteiger partial charge is 0.306 e. The third-order valence-corrected chi connectivity index (χ3v) is 5.96. The Kier molecular flexibility index (Phi) is 4.29. The van der Waals surface area contributed by atoms with Crippen LogP contribution < -0.4 is 0 Å². The number of hydrogen-bond acceptors (Lipinski definition) is 4. The summed E-state index contributed by atoms with van der Waals surface area (Å²) in [5.41, 5.74) is 0. The predicted octanol–water partition coefficient (Wildman–Crippen LogP) is 0.521. The maximum Gasteiger partial charge on any atom is 0.306 e. The lowest BCUT2D eigenvalue weighted by Crippen LogP contribution is -2.55.